The summed E-state index contributed by atoms with van der Waals surface area (Å²) < 4.78 is 18.6. The molecule has 0 amide bonds. The van der Waals surface area contributed by atoms with Crippen LogP contribution in [0.3, 0.4) is 0 Å². The predicted octanol–water partition coefficient (Wildman–Crippen LogP) is 3.06. The second kappa shape index (κ2) is 4.60. The van der Waals surface area contributed by atoms with E-state index in [2.05, 4.69) is 22.6 Å². The topological polar surface area (TPSA) is 9.23 Å². The number of halogens is 2. The summed E-state index contributed by atoms with van der Waals surface area (Å²) in [5, 5.41) is 0. The maximum absolute atomic E-state index is 13.1. The summed E-state index contributed by atoms with van der Waals surface area (Å²) in [6.07, 6.45) is 2.88. The summed E-state index contributed by atoms with van der Waals surface area (Å²) in [6.45, 7) is 1.95. The lowest BCUT2D eigenvalue weighted by Crippen LogP contribution is -2.30. The third kappa shape index (κ3) is 3.23. The summed E-state index contributed by atoms with van der Waals surface area (Å²) >= 11 is 2.17. The standard InChI is InChI=1S/C8H14FIO/c1-6(10)11-8-5-3-2-4-7(8)9/h6-8H,2-5H2,1H3/t6?,7-,8-/m0/s1. The molecule has 0 heterocycles. The molecule has 1 aliphatic carbocycles. The molecule has 0 N–H and O–H groups in total. The fraction of sp³-hybridized carbons (Fsp3) is 1.00. The molecule has 3 atom stereocenters. The van der Waals surface area contributed by atoms with Gasteiger partial charge in [-0.25, -0.2) is 4.39 Å². The smallest absolute Gasteiger partial charge is 0.126 e. The Bertz CT molecular complexity index is 119. The highest BCUT2D eigenvalue weighted by Gasteiger charge is 2.26. The minimum atomic E-state index is -0.721. The highest BCUT2D eigenvalue weighted by molar-refractivity contribution is 14.1. The van der Waals surface area contributed by atoms with Crippen LogP contribution in [0.1, 0.15) is 32.6 Å². The fourth-order valence-corrected chi connectivity index (χ4v) is 1.82. The first-order valence-corrected chi connectivity index (χ1v) is 5.38. The zero-order valence-corrected chi connectivity index (χ0v) is 8.88. The van der Waals surface area contributed by atoms with Gasteiger partial charge in [0, 0.05) is 0 Å². The number of hydrogen-bond donors (Lipinski definition) is 0. The molecule has 1 fully saturated rings. The van der Waals surface area contributed by atoms with Crippen LogP contribution in [0, 0.1) is 0 Å². The van der Waals surface area contributed by atoms with E-state index in [0.29, 0.717) is 6.42 Å². The maximum atomic E-state index is 13.1. The minimum Gasteiger partial charge on any atom is -0.362 e. The molecule has 0 spiro atoms. The molecule has 0 radical (unpaired) electrons. The van der Waals surface area contributed by atoms with Gasteiger partial charge in [0.05, 0.1) is 6.10 Å². The second-order valence-corrected chi connectivity index (χ2v) is 4.77. The molecule has 1 saturated carbocycles. The van der Waals surface area contributed by atoms with Gasteiger partial charge in [0.25, 0.3) is 0 Å². The van der Waals surface area contributed by atoms with Crippen molar-refractivity contribution < 1.29 is 9.13 Å². The van der Waals surface area contributed by atoms with E-state index < -0.39 is 6.17 Å². The van der Waals surface area contributed by atoms with E-state index in [-0.39, 0.29) is 10.2 Å². The average molecular weight is 272 g/mol. The number of rotatable bonds is 2. The highest BCUT2D eigenvalue weighted by atomic mass is 127. The van der Waals surface area contributed by atoms with Crippen LogP contribution in [-0.2, 0) is 4.74 Å². The molecule has 0 aliphatic heterocycles. The second-order valence-electron chi connectivity index (χ2n) is 3.02. The molecule has 1 aliphatic rings. The van der Waals surface area contributed by atoms with Gasteiger partial charge in [0.1, 0.15) is 10.3 Å². The zero-order chi connectivity index (χ0) is 8.27. The molecular weight excluding hydrogens is 258 g/mol. The van der Waals surface area contributed by atoms with E-state index in [4.69, 9.17) is 4.74 Å². The SMILES string of the molecule is CC(I)O[C@H]1CCCC[C@@H]1F. The van der Waals surface area contributed by atoms with Crippen LogP contribution in [0.15, 0.2) is 0 Å². The molecule has 1 nitrogen and oxygen atoms in total. The molecule has 0 bridgehead atoms. The van der Waals surface area contributed by atoms with E-state index in [1.807, 2.05) is 6.92 Å². The van der Waals surface area contributed by atoms with E-state index in [9.17, 15) is 4.39 Å². The van der Waals surface area contributed by atoms with E-state index >= 15 is 0 Å². The summed E-state index contributed by atoms with van der Waals surface area (Å²) in [5.41, 5.74) is 0. The van der Waals surface area contributed by atoms with Crippen molar-refractivity contribution in [2.24, 2.45) is 0 Å². The van der Waals surface area contributed by atoms with Crippen molar-refractivity contribution in [2.75, 3.05) is 0 Å². The third-order valence-corrected chi connectivity index (χ3v) is 2.28. The zero-order valence-electron chi connectivity index (χ0n) is 6.72. The minimum absolute atomic E-state index is 0.129. The Kier molecular flexibility index (Phi) is 4.06. The van der Waals surface area contributed by atoms with Crippen molar-refractivity contribution >= 4 is 22.6 Å². The van der Waals surface area contributed by atoms with Gasteiger partial charge >= 0.3 is 0 Å². The van der Waals surface area contributed by atoms with E-state index in [1.165, 1.54) is 0 Å². The van der Waals surface area contributed by atoms with Crippen molar-refractivity contribution in [1.82, 2.24) is 0 Å². The van der Waals surface area contributed by atoms with Gasteiger partial charge in [-0.1, -0.05) is 35.4 Å². The van der Waals surface area contributed by atoms with Crippen molar-refractivity contribution in [3.8, 4) is 0 Å². The van der Waals surface area contributed by atoms with Gasteiger partial charge in [-0.15, -0.1) is 0 Å². The lowest BCUT2D eigenvalue weighted by atomic mass is 9.96. The largest absolute Gasteiger partial charge is 0.362 e. The van der Waals surface area contributed by atoms with Gasteiger partial charge in [0.2, 0.25) is 0 Å². The lowest BCUT2D eigenvalue weighted by molar-refractivity contribution is -0.0254. The Morgan fingerprint density at radius 2 is 2.09 bits per heavy atom. The van der Waals surface area contributed by atoms with Crippen LogP contribution in [0.2, 0.25) is 0 Å². The molecule has 1 rings (SSSR count). The molecule has 1 unspecified atom stereocenters. The van der Waals surface area contributed by atoms with Gasteiger partial charge in [-0.3, -0.25) is 0 Å². The van der Waals surface area contributed by atoms with Crippen LogP contribution in [0.25, 0.3) is 0 Å². The molecular formula is C8H14FIO. The highest BCUT2D eigenvalue weighted by Crippen LogP contribution is 2.25. The quantitative estimate of drug-likeness (QED) is 0.554. The molecule has 0 aromatic carbocycles. The van der Waals surface area contributed by atoms with Crippen LogP contribution in [-0.4, -0.2) is 16.4 Å². The van der Waals surface area contributed by atoms with E-state index in [0.717, 1.165) is 19.3 Å². The molecule has 66 valence electrons. The van der Waals surface area contributed by atoms with Gasteiger partial charge in [-0.2, -0.15) is 0 Å². The number of hydrogen-bond acceptors (Lipinski definition) is 1. The Hall–Kier alpha value is 0.620. The van der Waals surface area contributed by atoms with Crippen molar-refractivity contribution in [3.05, 3.63) is 0 Å². The van der Waals surface area contributed by atoms with E-state index in [1.54, 1.807) is 0 Å². The first-order chi connectivity index (χ1) is 5.20. The van der Waals surface area contributed by atoms with Gasteiger partial charge in [-0.05, 0) is 19.8 Å². The molecule has 0 aromatic rings. The summed E-state index contributed by atoms with van der Waals surface area (Å²) in [4.78, 5) is 0. The third-order valence-electron chi connectivity index (χ3n) is 1.98. The van der Waals surface area contributed by atoms with Crippen LogP contribution >= 0.6 is 22.6 Å². The average Bonchev–Trinajstić information content (AvgIpc) is 1.93. The normalized spacial score (nSPS) is 35.2. The van der Waals surface area contributed by atoms with Gasteiger partial charge < -0.3 is 4.74 Å². The monoisotopic (exact) mass is 272 g/mol. The molecule has 0 aromatic heterocycles. The van der Waals surface area contributed by atoms with Crippen molar-refractivity contribution in [3.63, 3.8) is 0 Å². The lowest BCUT2D eigenvalue weighted by Gasteiger charge is -2.26. The molecule has 11 heavy (non-hydrogen) atoms. The van der Waals surface area contributed by atoms with Crippen LogP contribution < -0.4 is 0 Å². The van der Waals surface area contributed by atoms with Crippen molar-refractivity contribution in [2.45, 2.75) is 49.0 Å². The Balaban J connectivity index is 2.29. The summed E-state index contributed by atoms with van der Waals surface area (Å²) in [7, 11) is 0. The first kappa shape index (κ1) is 9.71. The summed E-state index contributed by atoms with van der Waals surface area (Å²) in [6, 6.07) is 0. The first-order valence-electron chi connectivity index (χ1n) is 4.14. The Morgan fingerprint density at radius 3 is 2.64 bits per heavy atom. The van der Waals surface area contributed by atoms with Crippen LogP contribution in [0.5, 0.6) is 0 Å². The van der Waals surface area contributed by atoms with Gasteiger partial charge in [0.15, 0.2) is 0 Å². The molecule has 0 saturated heterocycles. The Labute approximate surface area is 80.8 Å². The molecule has 3 heteroatoms. The summed E-state index contributed by atoms with van der Waals surface area (Å²) in [5.74, 6) is 0. The van der Waals surface area contributed by atoms with Crippen LogP contribution in [0.4, 0.5) is 4.39 Å². The predicted molar refractivity (Wildman–Crippen MR) is 51.7 cm³/mol. The number of alkyl halides is 2. The fourth-order valence-electron chi connectivity index (χ4n) is 1.45. The maximum Gasteiger partial charge on any atom is 0.126 e. The Morgan fingerprint density at radius 1 is 1.45 bits per heavy atom. The van der Waals surface area contributed by atoms with Crippen molar-refractivity contribution in [1.29, 1.82) is 0 Å². The number of ether oxygens (including phenoxy) is 1.